The van der Waals surface area contributed by atoms with Crippen LogP contribution in [-0.2, 0) is 0 Å². The quantitative estimate of drug-likeness (QED) is 0.409. The Morgan fingerprint density at radius 2 is 1.36 bits per heavy atom. The van der Waals surface area contributed by atoms with Gasteiger partial charge in [-0.3, -0.25) is 0 Å². The number of hydrogen-bond acceptors (Lipinski definition) is 0. The van der Waals surface area contributed by atoms with Gasteiger partial charge in [-0.15, -0.1) is 0 Å². The fourth-order valence-corrected chi connectivity index (χ4v) is 4.95. The van der Waals surface area contributed by atoms with Gasteiger partial charge in [0.2, 0.25) is 0 Å². The van der Waals surface area contributed by atoms with Gasteiger partial charge in [0.15, 0.2) is 0 Å². The molecule has 2 fully saturated rings. The summed E-state index contributed by atoms with van der Waals surface area (Å²) >= 11 is 0. The molecule has 0 aromatic rings. The third-order valence-corrected chi connectivity index (χ3v) is 6.47. The number of halogens is 1. The highest BCUT2D eigenvalue weighted by Crippen LogP contribution is 2.42. The van der Waals surface area contributed by atoms with Crippen molar-refractivity contribution in [3.05, 3.63) is 12.4 Å². The normalized spacial score (nSPS) is 33.4. The molecule has 2 rings (SSSR count). The standard InChI is InChI=1S/C21H37F/c1-2-3-4-5-7-18-9-13-20(14-10-18)21-15-11-19(12-16-21)8-6-17-22/h6,17-21H,2-5,7-16H2,1H3/b17-6+/t18-,19?,20-,21?. The molecule has 2 aliphatic rings. The van der Waals surface area contributed by atoms with E-state index >= 15 is 0 Å². The van der Waals surface area contributed by atoms with Gasteiger partial charge in [0.05, 0.1) is 6.33 Å². The number of hydrogen-bond donors (Lipinski definition) is 0. The molecule has 0 spiro atoms. The van der Waals surface area contributed by atoms with Crippen LogP contribution in [0, 0.1) is 23.7 Å². The van der Waals surface area contributed by atoms with Gasteiger partial charge in [0.1, 0.15) is 0 Å². The molecule has 0 saturated heterocycles. The minimum absolute atomic E-state index is 0.730. The molecule has 22 heavy (non-hydrogen) atoms. The van der Waals surface area contributed by atoms with Crippen LogP contribution in [0.1, 0.15) is 96.8 Å². The van der Waals surface area contributed by atoms with Gasteiger partial charge >= 0.3 is 0 Å². The first-order chi connectivity index (χ1) is 10.8. The Hall–Kier alpha value is -0.330. The van der Waals surface area contributed by atoms with E-state index in [4.69, 9.17) is 0 Å². The summed E-state index contributed by atoms with van der Waals surface area (Å²) in [6.45, 7) is 2.30. The average Bonchev–Trinajstić information content (AvgIpc) is 2.58. The summed E-state index contributed by atoms with van der Waals surface area (Å²) in [4.78, 5) is 0. The zero-order valence-corrected chi connectivity index (χ0v) is 14.7. The first-order valence-electron chi connectivity index (χ1n) is 10.1. The minimum atomic E-state index is 0.730. The first kappa shape index (κ1) is 18.0. The molecule has 0 bridgehead atoms. The Morgan fingerprint density at radius 3 is 1.91 bits per heavy atom. The lowest BCUT2D eigenvalue weighted by atomic mass is 9.68. The predicted octanol–water partition coefficient (Wildman–Crippen LogP) is 7.44. The van der Waals surface area contributed by atoms with Crippen LogP contribution in [0.15, 0.2) is 12.4 Å². The van der Waals surface area contributed by atoms with Gasteiger partial charge in [-0.05, 0) is 68.6 Å². The molecule has 0 heterocycles. The van der Waals surface area contributed by atoms with Crippen molar-refractivity contribution in [3.63, 3.8) is 0 Å². The summed E-state index contributed by atoms with van der Waals surface area (Å²) < 4.78 is 12.1. The Bertz CT molecular complexity index is 293. The van der Waals surface area contributed by atoms with E-state index in [9.17, 15) is 4.39 Å². The lowest BCUT2D eigenvalue weighted by molar-refractivity contribution is 0.143. The summed E-state index contributed by atoms with van der Waals surface area (Å²) in [6.07, 6.45) is 22.1. The van der Waals surface area contributed by atoms with E-state index < -0.39 is 0 Å². The van der Waals surface area contributed by atoms with Crippen LogP contribution in [0.5, 0.6) is 0 Å². The Balaban J connectivity index is 1.59. The highest BCUT2D eigenvalue weighted by Gasteiger charge is 2.30. The Kier molecular flexibility index (Phi) is 8.55. The van der Waals surface area contributed by atoms with Crippen LogP contribution in [0.3, 0.4) is 0 Å². The molecule has 0 N–H and O–H groups in total. The molecule has 1 heteroatoms. The molecule has 0 aliphatic heterocycles. The fraction of sp³-hybridized carbons (Fsp3) is 0.905. The third kappa shape index (κ3) is 6.05. The van der Waals surface area contributed by atoms with Crippen molar-refractivity contribution < 1.29 is 4.39 Å². The fourth-order valence-electron chi connectivity index (χ4n) is 4.95. The summed E-state index contributed by atoms with van der Waals surface area (Å²) in [5.74, 6) is 3.81. The van der Waals surface area contributed by atoms with Gasteiger partial charge in [0.25, 0.3) is 0 Å². The van der Waals surface area contributed by atoms with Gasteiger partial charge in [-0.2, -0.15) is 0 Å². The maximum absolute atomic E-state index is 12.1. The molecular formula is C21H37F. The summed E-state index contributed by atoms with van der Waals surface area (Å²) in [5, 5.41) is 0. The van der Waals surface area contributed by atoms with Crippen LogP contribution in [0.4, 0.5) is 4.39 Å². The van der Waals surface area contributed by atoms with E-state index in [0.29, 0.717) is 0 Å². The van der Waals surface area contributed by atoms with Crippen molar-refractivity contribution in [1.82, 2.24) is 0 Å². The molecule has 0 radical (unpaired) electrons. The molecule has 2 saturated carbocycles. The monoisotopic (exact) mass is 308 g/mol. The van der Waals surface area contributed by atoms with Crippen LogP contribution in [0.25, 0.3) is 0 Å². The lowest BCUT2D eigenvalue weighted by Crippen LogP contribution is -2.25. The molecule has 0 aromatic carbocycles. The molecule has 0 amide bonds. The Morgan fingerprint density at radius 1 is 0.773 bits per heavy atom. The van der Waals surface area contributed by atoms with Gasteiger partial charge in [0, 0.05) is 0 Å². The van der Waals surface area contributed by atoms with E-state index in [-0.39, 0.29) is 0 Å². The van der Waals surface area contributed by atoms with E-state index in [0.717, 1.165) is 36.4 Å². The zero-order chi connectivity index (χ0) is 15.6. The minimum Gasteiger partial charge on any atom is -0.216 e. The van der Waals surface area contributed by atoms with E-state index in [1.54, 1.807) is 6.08 Å². The maximum Gasteiger partial charge on any atom is 0.0827 e. The summed E-state index contributed by atoms with van der Waals surface area (Å²) in [6, 6.07) is 0. The molecule has 0 unspecified atom stereocenters. The second kappa shape index (κ2) is 10.4. The highest BCUT2D eigenvalue weighted by atomic mass is 19.1. The van der Waals surface area contributed by atoms with Crippen LogP contribution < -0.4 is 0 Å². The van der Waals surface area contributed by atoms with Crippen molar-refractivity contribution >= 4 is 0 Å². The van der Waals surface area contributed by atoms with Crippen molar-refractivity contribution in [2.24, 2.45) is 23.7 Å². The smallest absolute Gasteiger partial charge is 0.0827 e. The molecule has 2 aliphatic carbocycles. The first-order valence-corrected chi connectivity index (χ1v) is 10.1. The summed E-state index contributed by atoms with van der Waals surface area (Å²) in [7, 11) is 0. The zero-order valence-electron chi connectivity index (χ0n) is 14.7. The highest BCUT2D eigenvalue weighted by molar-refractivity contribution is 4.85. The van der Waals surface area contributed by atoms with Crippen LogP contribution >= 0.6 is 0 Å². The van der Waals surface area contributed by atoms with Crippen LogP contribution in [-0.4, -0.2) is 0 Å². The van der Waals surface area contributed by atoms with Gasteiger partial charge < -0.3 is 0 Å². The maximum atomic E-state index is 12.1. The van der Waals surface area contributed by atoms with Crippen LogP contribution in [0.2, 0.25) is 0 Å². The summed E-state index contributed by atoms with van der Waals surface area (Å²) in [5.41, 5.74) is 0. The van der Waals surface area contributed by atoms with E-state index in [1.165, 1.54) is 83.5 Å². The molecule has 128 valence electrons. The van der Waals surface area contributed by atoms with Crippen molar-refractivity contribution in [2.75, 3.05) is 0 Å². The average molecular weight is 309 g/mol. The predicted molar refractivity (Wildman–Crippen MR) is 94.5 cm³/mol. The Labute approximate surface area is 138 Å². The number of rotatable bonds is 8. The third-order valence-electron chi connectivity index (χ3n) is 6.47. The second-order valence-corrected chi connectivity index (χ2v) is 8.01. The van der Waals surface area contributed by atoms with Crippen molar-refractivity contribution in [2.45, 2.75) is 96.8 Å². The largest absolute Gasteiger partial charge is 0.216 e. The van der Waals surface area contributed by atoms with Gasteiger partial charge in [-0.1, -0.05) is 57.9 Å². The second-order valence-electron chi connectivity index (χ2n) is 8.01. The van der Waals surface area contributed by atoms with E-state index in [2.05, 4.69) is 6.92 Å². The molecule has 0 nitrogen and oxygen atoms in total. The topological polar surface area (TPSA) is 0 Å². The number of unbranched alkanes of at least 4 members (excludes halogenated alkanes) is 3. The lowest BCUT2D eigenvalue weighted by Gasteiger charge is -2.37. The van der Waals surface area contributed by atoms with Crippen molar-refractivity contribution in [3.8, 4) is 0 Å². The van der Waals surface area contributed by atoms with E-state index in [1.807, 2.05) is 0 Å². The van der Waals surface area contributed by atoms with Crippen molar-refractivity contribution in [1.29, 1.82) is 0 Å². The van der Waals surface area contributed by atoms with Gasteiger partial charge in [-0.25, -0.2) is 4.39 Å². The SMILES string of the molecule is CCCCCC[C@H]1CC[C@H](C2CCC(C/C=C/F)CC2)CC1. The number of allylic oxidation sites excluding steroid dienone is 1. The molecule has 0 aromatic heterocycles. The molecule has 0 atom stereocenters. The molecular weight excluding hydrogens is 271 g/mol.